The summed E-state index contributed by atoms with van der Waals surface area (Å²) < 4.78 is 65.1. The van der Waals surface area contributed by atoms with Crippen molar-refractivity contribution in [2.24, 2.45) is 0 Å². The highest BCUT2D eigenvalue weighted by Crippen LogP contribution is 2.32. The molecular formula is C27H25Br2F5N4O2S2. The fourth-order valence-corrected chi connectivity index (χ4v) is 5.30. The number of halogens is 7. The quantitative estimate of drug-likeness (QED) is 0.0894. The van der Waals surface area contributed by atoms with Crippen LogP contribution in [0.25, 0.3) is 0 Å². The zero-order valence-electron chi connectivity index (χ0n) is 21.6. The second-order valence-electron chi connectivity index (χ2n) is 9.16. The molecule has 0 aromatic heterocycles. The summed E-state index contributed by atoms with van der Waals surface area (Å²) in [6.45, 7) is 0. The van der Waals surface area contributed by atoms with Crippen LogP contribution < -0.4 is 21.3 Å². The molecule has 6 nitrogen and oxygen atoms in total. The first-order valence-electron chi connectivity index (χ1n) is 12.4. The molecule has 1 aliphatic rings. The average Bonchev–Trinajstić information content (AvgIpc) is 2.90. The lowest BCUT2D eigenvalue weighted by molar-refractivity contribution is -0.137. The van der Waals surface area contributed by atoms with Gasteiger partial charge in [0.15, 0.2) is 33.4 Å². The van der Waals surface area contributed by atoms with Crippen molar-refractivity contribution < 1.29 is 32.2 Å². The molecule has 0 heterocycles. The van der Waals surface area contributed by atoms with E-state index >= 15 is 0 Å². The van der Waals surface area contributed by atoms with E-state index in [2.05, 4.69) is 53.1 Å². The van der Waals surface area contributed by atoms with Gasteiger partial charge in [0.05, 0.1) is 16.9 Å². The van der Waals surface area contributed by atoms with Crippen LogP contribution in [0, 0.1) is 11.6 Å². The van der Waals surface area contributed by atoms with E-state index in [1.165, 1.54) is 43.5 Å². The summed E-state index contributed by atoms with van der Waals surface area (Å²) in [5.74, 6) is -2.57. The van der Waals surface area contributed by atoms with Crippen LogP contribution in [0.1, 0.15) is 37.7 Å². The van der Waals surface area contributed by atoms with E-state index in [0.717, 1.165) is 31.0 Å². The lowest BCUT2D eigenvalue weighted by atomic mass is 9.96. The van der Waals surface area contributed by atoms with Crippen LogP contribution in [-0.4, -0.2) is 26.5 Å². The molecular weight excluding hydrogens is 731 g/mol. The van der Waals surface area contributed by atoms with Crippen molar-refractivity contribution in [3.05, 3.63) is 74.7 Å². The number of thiocarbonyl (C=S) groups is 2. The summed E-state index contributed by atoms with van der Waals surface area (Å²) in [6.07, 6.45) is 1.46. The number of hydrogen-bond acceptors (Lipinski definition) is 4. The highest BCUT2D eigenvalue weighted by atomic mass is 79.9. The van der Waals surface area contributed by atoms with Gasteiger partial charge in [0.2, 0.25) is 0 Å². The number of aromatic hydroxyl groups is 2. The molecule has 226 valence electrons. The Labute approximate surface area is 266 Å². The van der Waals surface area contributed by atoms with E-state index in [9.17, 15) is 32.2 Å². The smallest absolute Gasteiger partial charge is 0.416 e. The molecule has 1 aliphatic carbocycles. The van der Waals surface area contributed by atoms with Gasteiger partial charge in [-0.2, -0.15) is 13.2 Å². The number of alkyl halides is 3. The van der Waals surface area contributed by atoms with Crippen LogP contribution in [0.2, 0.25) is 0 Å². The maximum Gasteiger partial charge on any atom is 0.416 e. The molecule has 15 heteroatoms. The summed E-state index contributed by atoms with van der Waals surface area (Å²) in [7, 11) is 0. The molecule has 0 aliphatic heterocycles. The van der Waals surface area contributed by atoms with Crippen LogP contribution in [0.4, 0.5) is 39.0 Å². The maximum atomic E-state index is 13.4. The minimum Gasteiger partial charge on any atom is -0.503 e. The average molecular weight is 756 g/mol. The summed E-state index contributed by atoms with van der Waals surface area (Å²) in [5, 5.41) is 30.9. The maximum absolute atomic E-state index is 13.4. The Balaban J connectivity index is 0.000000235. The van der Waals surface area contributed by atoms with Gasteiger partial charge in [-0.05, 0) is 85.8 Å². The molecule has 42 heavy (non-hydrogen) atoms. The van der Waals surface area contributed by atoms with Crippen molar-refractivity contribution in [2.45, 2.75) is 44.3 Å². The predicted molar refractivity (Wildman–Crippen MR) is 169 cm³/mol. The Morgan fingerprint density at radius 2 is 1.21 bits per heavy atom. The molecule has 1 saturated carbocycles. The normalized spacial score (nSPS) is 13.4. The highest BCUT2D eigenvalue weighted by molar-refractivity contribution is 9.10. The van der Waals surface area contributed by atoms with Gasteiger partial charge in [-0.1, -0.05) is 51.1 Å². The zero-order valence-corrected chi connectivity index (χ0v) is 26.4. The predicted octanol–water partition coefficient (Wildman–Crippen LogP) is 9.03. The number of anilines is 3. The second kappa shape index (κ2) is 15.1. The summed E-state index contributed by atoms with van der Waals surface area (Å²) in [4.78, 5) is 0. The molecule has 6 N–H and O–H groups in total. The molecule has 0 radical (unpaired) electrons. The topological polar surface area (TPSA) is 88.6 Å². The van der Waals surface area contributed by atoms with Gasteiger partial charge in [0, 0.05) is 20.7 Å². The Hall–Kier alpha value is -2.75. The van der Waals surface area contributed by atoms with Crippen LogP contribution >= 0.6 is 56.3 Å². The van der Waals surface area contributed by atoms with E-state index in [-0.39, 0.29) is 16.5 Å². The first-order chi connectivity index (χ1) is 19.7. The van der Waals surface area contributed by atoms with Gasteiger partial charge in [-0.3, -0.25) is 0 Å². The van der Waals surface area contributed by atoms with E-state index in [1.54, 1.807) is 6.07 Å². The largest absolute Gasteiger partial charge is 0.503 e. The minimum absolute atomic E-state index is 0.0151. The fraction of sp³-hybridized carbons (Fsp3) is 0.259. The highest BCUT2D eigenvalue weighted by Gasteiger charge is 2.30. The second-order valence-corrected chi connectivity index (χ2v) is 11.8. The summed E-state index contributed by atoms with van der Waals surface area (Å²) in [6, 6.07) is 9.86. The van der Waals surface area contributed by atoms with Crippen LogP contribution in [0.5, 0.6) is 11.5 Å². The summed E-state index contributed by atoms with van der Waals surface area (Å²) in [5.41, 5.74) is -0.194. The SMILES string of the molecule is Oc1c(F)cc(Br)cc1NC(=S)NC1CCCCC1.Oc1c(F)cc(Br)cc1NC(=S)Nc1ccc(C(F)(F)F)cc1. The number of phenols is 2. The molecule has 0 unspecified atom stereocenters. The molecule has 0 spiro atoms. The van der Waals surface area contributed by atoms with Crippen LogP contribution in [0.15, 0.2) is 57.5 Å². The third-order valence-electron chi connectivity index (χ3n) is 5.96. The third-order valence-corrected chi connectivity index (χ3v) is 7.30. The Morgan fingerprint density at radius 3 is 1.69 bits per heavy atom. The molecule has 0 amide bonds. The van der Waals surface area contributed by atoms with E-state index < -0.39 is 34.9 Å². The van der Waals surface area contributed by atoms with Crippen molar-refractivity contribution in [3.63, 3.8) is 0 Å². The van der Waals surface area contributed by atoms with E-state index in [0.29, 0.717) is 25.8 Å². The minimum atomic E-state index is -4.42. The van der Waals surface area contributed by atoms with Gasteiger partial charge < -0.3 is 31.5 Å². The lowest BCUT2D eigenvalue weighted by Gasteiger charge is -2.24. The van der Waals surface area contributed by atoms with E-state index in [1.807, 2.05) is 0 Å². The number of rotatable bonds is 4. The molecule has 0 atom stereocenters. The van der Waals surface area contributed by atoms with Crippen LogP contribution in [-0.2, 0) is 6.18 Å². The first-order valence-corrected chi connectivity index (χ1v) is 14.8. The molecule has 0 bridgehead atoms. The van der Waals surface area contributed by atoms with Crippen molar-refractivity contribution >= 4 is 83.6 Å². The lowest BCUT2D eigenvalue weighted by Crippen LogP contribution is -2.38. The summed E-state index contributed by atoms with van der Waals surface area (Å²) >= 11 is 16.4. The molecule has 3 aromatic carbocycles. The monoisotopic (exact) mass is 754 g/mol. The Bertz CT molecular complexity index is 1420. The van der Waals surface area contributed by atoms with Gasteiger partial charge >= 0.3 is 6.18 Å². The first kappa shape index (κ1) is 33.7. The number of hydrogen-bond donors (Lipinski definition) is 6. The number of nitrogens with one attached hydrogen (secondary N) is 4. The molecule has 0 saturated heterocycles. The van der Waals surface area contributed by atoms with Crippen molar-refractivity contribution in [1.29, 1.82) is 0 Å². The van der Waals surface area contributed by atoms with Crippen LogP contribution in [0.3, 0.4) is 0 Å². The van der Waals surface area contributed by atoms with Gasteiger partial charge in [-0.15, -0.1) is 0 Å². The van der Waals surface area contributed by atoms with Crippen molar-refractivity contribution in [1.82, 2.24) is 5.32 Å². The number of phenolic OH excluding ortho intramolecular Hbond substituents is 2. The van der Waals surface area contributed by atoms with Crippen molar-refractivity contribution in [2.75, 3.05) is 16.0 Å². The molecule has 1 fully saturated rings. The molecule has 4 rings (SSSR count). The van der Waals surface area contributed by atoms with Crippen molar-refractivity contribution in [3.8, 4) is 11.5 Å². The molecule has 3 aromatic rings. The third kappa shape index (κ3) is 10.2. The Morgan fingerprint density at radius 1 is 0.738 bits per heavy atom. The zero-order chi connectivity index (χ0) is 31.0. The number of benzene rings is 3. The standard InChI is InChI=1S/C14H9BrF4N2OS.C13H16BrFN2OS/c15-8-5-10(16)12(22)11(6-8)21-13(23)20-9-3-1-7(2-4-9)14(17,18)19;14-8-6-10(15)12(18)11(7-8)17-13(19)16-9-4-2-1-3-5-9/h1-6,22H,(H2,20,21,23);6-7,9,18H,1-5H2,(H2,16,17,19). The van der Waals surface area contributed by atoms with Gasteiger partial charge in [-0.25, -0.2) is 8.78 Å². The van der Waals surface area contributed by atoms with Gasteiger partial charge in [0.1, 0.15) is 0 Å². The fourth-order valence-electron chi connectivity index (χ4n) is 3.94. The van der Waals surface area contributed by atoms with Gasteiger partial charge in [0.25, 0.3) is 0 Å². The van der Waals surface area contributed by atoms with E-state index in [4.69, 9.17) is 24.4 Å². The Kier molecular flexibility index (Phi) is 12.1.